The largest absolute Gasteiger partial charge is 0.375 e. The number of rotatable bonds is 4. The minimum Gasteiger partial charge on any atom is -0.375 e. The molecule has 3 rings (SSSR count). The lowest BCUT2D eigenvalue weighted by Crippen LogP contribution is -2.53. The van der Waals surface area contributed by atoms with Crippen molar-refractivity contribution in [1.29, 1.82) is 0 Å². The van der Waals surface area contributed by atoms with Gasteiger partial charge in [0.1, 0.15) is 5.82 Å². The summed E-state index contributed by atoms with van der Waals surface area (Å²) in [6.45, 7) is 5.39. The molecule has 7 nitrogen and oxygen atoms in total. The summed E-state index contributed by atoms with van der Waals surface area (Å²) >= 11 is 0. The first-order chi connectivity index (χ1) is 10.8. The zero-order valence-corrected chi connectivity index (χ0v) is 14.7. The lowest BCUT2D eigenvalue weighted by atomic mass is 9.82. The van der Waals surface area contributed by atoms with Gasteiger partial charge in [-0.2, -0.15) is 0 Å². The SMILES string of the molecule is Cc1ncc(CN2CCC3(CC2)CC(NS(C)(=O)=O)CCO3)[nH]1. The number of aromatic nitrogens is 2. The highest BCUT2D eigenvalue weighted by Crippen LogP contribution is 2.35. The molecule has 0 radical (unpaired) electrons. The molecule has 3 heterocycles. The van der Waals surface area contributed by atoms with E-state index in [-0.39, 0.29) is 11.6 Å². The Bertz CT molecular complexity index is 635. The molecule has 2 saturated heterocycles. The molecule has 0 bridgehead atoms. The predicted molar refractivity (Wildman–Crippen MR) is 87.5 cm³/mol. The normalized spacial score (nSPS) is 25.7. The zero-order valence-electron chi connectivity index (χ0n) is 13.8. The molecule has 1 unspecified atom stereocenters. The van der Waals surface area contributed by atoms with Gasteiger partial charge in [-0.1, -0.05) is 0 Å². The number of piperidine rings is 1. The number of aryl methyl sites for hydroxylation is 1. The van der Waals surface area contributed by atoms with Gasteiger partial charge >= 0.3 is 0 Å². The van der Waals surface area contributed by atoms with Gasteiger partial charge in [0.15, 0.2) is 0 Å². The molecule has 0 saturated carbocycles. The van der Waals surface area contributed by atoms with Gasteiger partial charge in [0.05, 0.1) is 11.9 Å². The summed E-state index contributed by atoms with van der Waals surface area (Å²) in [5.74, 6) is 0.943. The number of H-pyrrole nitrogens is 1. The average molecular weight is 342 g/mol. The van der Waals surface area contributed by atoms with E-state index in [9.17, 15) is 8.42 Å². The number of likely N-dealkylation sites (tertiary alicyclic amines) is 1. The molecule has 0 amide bonds. The summed E-state index contributed by atoms with van der Waals surface area (Å²) in [6.07, 6.45) is 6.54. The van der Waals surface area contributed by atoms with Crippen molar-refractivity contribution in [1.82, 2.24) is 19.6 Å². The maximum atomic E-state index is 11.5. The second-order valence-electron chi connectivity index (χ2n) is 6.88. The van der Waals surface area contributed by atoms with Crippen LogP contribution in [0.2, 0.25) is 0 Å². The van der Waals surface area contributed by atoms with Crippen molar-refractivity contribution < 1.29 is 13.2 Å². The Morgan fingerprint density at radius 1 is 1.48 bits per heavy atom. The van der Waals surface area contributed by atoms with Crippen molar-refractivity contribution in [3.05, 3.63) is 17.7 Å². The van der Waals surface area contributed by atoms with Crippen LogP contribution in [0.15, 0.2) is 6.20 Å². The number of nitrogens with one attached hydrogen (secondary N) is 2. The smallest absolute Gasteiger partial charge is 0.208 e. The number of hydrogen-bond acceptors (Lipinski definition) is 5. The number of nitrogens with zero attached hydrogens (tertiary/aromatic N) is 2. The number of aromatic amines is 1. The van der Waals surface area contributed by atoms with Crippen molar-refractivity contribution in [2.75, 3.05) is 26.0 Å². The maximum absolute atomic E-state index is 11.5. The summed E-state index contributed by atoms with van der Waals surface area (Å²) < 4.78 is 31.7. The van der Waals surface area contributed by atoms with E-state index < -0.39 is 10.0 Å². The van der Waals surface area contributed by atoms with Crippen LogP contribution in [-0.2, 0) is 21.3 Å². The molecule has 2 fully saturated rings. The molecule has 1 aromatic rings. The van der Waals surface area contributed by atoms with Crippen LogP contribution < -0.4 is 4.72 Å². The van der Waals surface area contributed by atoms with Crippen LogP contribution in [0.3, 0.4) is 0 Å². The summed E-state index contributed by atoms with van der Waals surface area (Å²) in [7, 11) is -3.16. The minimum atomic E-state index is -3.16. The molecular weight excluding hydrogens is 316 g/mol. The number of hydrogen-bond donors (Lipinski definition) is 2. The Morgan fingerprint density at radius 2 is 2.22 bits per heavy atom. The van der Waals surface area contributed by atoms with Gasteiger partial charge in [0, 0.05) is 44.2 Å². The summed E-state index contributed by atoms with van der Waals surface area (Å²) in [6, 6.07) is 0.000515. The van der Waals surface area contributed by atoms with Crippen LogP contribution >= 0.6 is 0 Å². The average Bonchev–Trinajstić information content (AvgIpc) is 2.85. The van der Waals surface area contributed by atoms with E-state index in [1.165, 1.54) is 6.26 Å². The fourth-order valence-corrected chi connectivity index (χ4v) is 4.50. The summed E-state index contributed by atoms with van der Waals surface area (Å²) in [4.78, 5) is 9.90. The topological polar surface area (TPSA) is 87.3 Å². The van der Waals surface area contributed by atoms with E-state index in [1.807, 2.05) is 13.1 Å². The monoisotopic (exact) mass is 342 g/mol. The molecule has 23 heavy (non-hydrogen) atoms. The van der Waals surface area contributed by atoms with Gasteiger partial charge < -0.3 is 9.72 Å². The Balaban J connectivity index is 1.54. The van der Waals surface area contributed by atoms with E-state index in [4.69, 9.17) is 4.74 Å². The van der Waals surface area contributed by atoms with Crippen molar-refractivity contribution in [2.24, 2.45) is 0 Å². The standard InChI is InChI=1S/C15H26N4O3S/c1-12-16-10-14(17-12)11-19-6-4-15(5-7-19)9-13(3-8-22-15)18-23(2,20)21/h10,13,18H,3-9,11H2,1-2H3,(H,16,17). The molecule has 130 valence electrons. The highest BCUT2D eigenvalue weighted by molar-refractivity contribution is 7.88. The van der Waals surface area contributed by atoms with Gasteiger partial charge in [-0.3, -0.25) is 4.90 Å². The third kappa shape index (κ3) is 4.53. The van der Waals surface area contributed by atoms with Gasteiger partial charge in [0.2, 0.25) is 10.0 Å². The molecule has 8 heteroatoms. The Morgan fingerprint density at radius 3 is 2.83 bits per heavy atom. The van der Waals surface area contributed by atoms with Crippen molar-refractivity contribution in [2.45, 2.75) is 50.8 Å². The molecule has 2 aliphatic heterocycles. The first kappa shape index (κ1) is 16.9. The molecule has 2 aliphatic rings. The van der Waals surface area contributed by atoms with Gasteiger partial charge in [-0.15, -0.1) is 0 Å². The van der Waals surface area contributed by atoms with Crippen LogP contribution in [-0.4, -0.2) is 60.9 Å². The second-order valence-corrected chi connectivity index (χ2v) is 8.66. The van der Waals surface area contributed by atoms with Crippen LogP contribution in [0.5, 0.6) is 0 Å². The Kier molecular flexibility index (Phi) is 4.78. The van der Waals surface area contributed by atoms with Gasteiger partial charge in [-0.25, -0.2) is 18.1 Å². The van der Waals surface area contributed by atoms with Crippen LogP contribution in [0.1, 0.15) is 37.2 Å². The van der Waals surface area contributed by atoms with E-state index in [0.29, 0.717) is 6.61 Å². The molecule has 1 spiro atoms. The van der Waals surface area contributed by atoms with Gasteiger partial charge in [0.25, 0.3) is 0 Å². The van der Waals surface area contributed by atoms with Crippen molar-refractivity contribution in [3.63, 3.8) is 0 Å². The number of sulfonamides is 1. The quantitative estimate of drug-likeness (QED) is 0.844. The minimum absolute atomic E-state index is 0.000515. The molecule has 1 aromatic heterocycles. The first-order valence-electron chi connectivity index (χ1n) is 8.18. The first-order valence-corrected chi connectivity index (χ1v) is 10.1. The van der Waals surface area contributed by atoms with E-state index >= 15 is 0 Å². The molecule has 0 aliphatic carbocycles. The zero-order chi connectivity index (χ0) is 16.5. The summed E-state index contributed by atoms with van der Waals surface area (Å²) in [5.41, 5.74) is 0.973. The number of imidazole rings is 1. The van der Waals surface area contributed by atoms with Gasteiger partial charge in [-0.05, 0) is 32.6 Å². The number of ether oxygens (including phenoxy) is 1. The lowest BCUT2D eigenvalue weighted by Gasteiger charge is -2.46. The van der Waals surface area contributed by atoms with Crippen molar-refractivity contribution in [3.8, 4) is 0 Å². The lowest BCUT2D eigenvalue weighted by molar-refractivity contribution is -0.118. The van der Waals surface area contributed by atoms with Crippen LogP contribution in [0.25, 0.3) is 0 Å². The fourth-order valence-electron chi connectivity index (χ4n) is 3.69. The molecular formula is C15H26N4O3S. The van der Waals surface area contributed by atoms with Crippen LogP contribution in [0, 0.1) is 6.92 Å². The van der Waals surface area contributed by atoms with E-state index in [1.54, 1.807) is 0 Å². The predicted octanol–water partition coefficient (Wildman–Crippen LogP) is 0.781. The molecule has 1 atom stereocenters. The maximum Gasteiger partial charge on any atom is 0.208 e. The highest BCUT2D eigenvalue weighted by Gasteiger charge is 2.40. The summed E-state index contributed by atoms with van der Waals surface area (Å²) in [5, 5.41) is 0. The third-order valence-corrected chi connectivity index (χ3v) is 5.55. The second kappa shape index (κ2) is 6.51. The highest BCUT2D eigenvalue weighted by atomic mass is 32.2. The Labute approximate surface area is 137 Å². The van der Waals surface area contributed by atoms with E-state index in [2.05, 4.69) is 19.6 Å². The third-order valence-electron chi connectivity index (χ3n) is 4.79. The Hall–Kier alpha value is -0.960. The fraction of sp³-hybridized carbons (Fsp3) is 0.800. The van der Waals surface area contributed by atoms with Crippen molar-refractivity contribution >= 4 is 10.0 Å². The molecule has 2 N–H and O–H groups in total. The van der Waals surface area contributed by atoms with Crippen LogP contribution in [0.4, 0.5) is 0 Å². The van der Waals surface area contributed by atoms with E-state index in [0.717, 1.165) is 56.8 Å². The molecule has 0 aromatic carbocycles.